The van der Waals surface area contributed by atoms with Gasteiger partial charge in [0.2, 0.25) is 5.91 Å². The van der Waals surface area contributed by atoms with Crippen molar-refractivity contribution in [1.82, 2.24) is 5.32 Å². The van der Waals surface area contributed by atoms with Gasteiger partial charge in [-0.3, -0.25) is 4.79 Å². The molecule has 0 fully saturated rings. The third-order valence-corrected chi connectivity index (χ3v) is 1.77. The maximum Gasteiger partial charge on any atom is 0.220 e. The lowest BCUT2D eigenvalue weighted by Gasteiger charge is -2.17. The summed E-state index contributed by atoms with van der Waals surface area (Å²) in [6, 6.07) is 0. The minimum atomic E-state index is -0.831. The molecular weight excluding hydrogens is 190 g/mol. The third kappa shape index (κ3) is 9.64. The van der Waals surface area contributed by atoms with Gasteiger partial charge in [0, 0.05) is 18.8 Å². The quantitative estimate of drug-likeness (QED) is 0.509. The fraction of sp³-hybridized carbons (Fsp3) is 0.889. The van der Waals surface area contributed by atoms with Crippen LogP contribution in [0, 0.1) is 0 Å². The van der Waals surface area contributed by atoms with E-state index in [4.69, 9.17) is 11.6 Å². The van der Waals surface area contributed by atoms with Crippen molar-refractivity contribution in [3.05, 3.63) is 0 Å². The van der Waals surface area contributed by atoms with E-state index in [9.17, 15) is 9.90 Å². The molecule has 0 atom stereocenters. The second-order valence-corrected chi connectivity index (χ2v) is 4.11. The van der Waals surface area contributed by atoms with Gasteiger partial charge in [0.25, 0.3) is 0 Å². The smallest absolute Gasteiger partial charge is 0.220 e. The van der Waals surface area contributed by atoms with Crippen LogP contribution in [0.4, 0.5) is 0 Å². The molecule has 4 heteroatoms. The minimum Gasteiger partial charge on any atom is -0.389 e. The summed E-state index contributed by atoms with van der Waals surface area (Å²) in [6.45, 7) is 3.62. The van der Waals surface area contributed by atoms with Gasteiger partial charge in [0.05, 0.1) is 5.60 Å². The van der Waals surface area contributed by atoms with Crippen molar-refractivity contribution in [3.63, 3.8) is 0 Å². The first-order valence-electron chi connectivity index (χ1n) is 4.51. The molecule has 0 saturated heterocycles. The average Bonchev–Trinajstić information content (AvgIpc) is 2.00. The lowest BCUT2D eigenvalue weighted by molar-refractivity contribution is -0.122. The summed E-state index contributed by atoms with van der Waals surface area (Å²) in [7, 11) is 0. The van der Waals surface area contributed by atoms with Crippen LogP contribution in [0.2, 0.25) is 0 Å². The summed E-state index contributed by atoms with van der Waals surface area (Å²) in [5.74, 6) is 0.575. The van der Waals surface area contributed by atoms with Crippen LogP contribution in [0.3, 0.4) is 0 Å². The van der Waals surface area contributed by atoms with Gasteiger partial charge in [-0.25, -0.2) is 0 Å². The van der Waals surface area contributed by atoms with E-state index >= 15 is 0 Å². The summed E-state index contributed by atoms with van der Waals surface area (Å²) in [4.78, 5) is 11.1. The second kappa shape index (κ2) is 6.22. The molecule has 0 spiro atoms. The molecular formula is C9H18ClNO2. The molecule has 1 amide bonds. The molecule has 0 aliphatic carbocycles. The Hall–Kier alpha value is -0.280. The fourth-order valence-electron chi connectivity index (χ4n) is 0.783. The first-order valence-corrected chi connectivity index (χ1v) is 5.04. The third-order valence-electron chi connectivity index (χ3n) is 1.51. The molecule has 0 aromatic rings. The molecule has 0 rings (SSSR count). The first-order chi connectivity index (χ1) is 5.95. The maximum absolute atomic E-state index is 11.1. The number of carbonyl (C=O) groups is 1. The van der Waals surface area contributed by atoms with Gasteiger partial charge in [-0.05, 0) is 26.7 Å². The van der Waals surface area contributed by atoms with Crippen LogP contribution in [0.1, 0.15) is 33.1 Å². The minimum absolute atomic E-state index is 0.0211. The lowest BCUT2D eigenvalue weighted by atomic mass is 10.1. The molecule has 0 aromatic carbocycles. The highest BCUT2D eigenvalue weighted by atomic mass is 35.5. The molecule has 0 radical (unpaired) electrons. The van der Waals surface area contributed by atoms with Crippen molar-refractivity contribution in [2.75, 3.05) is 12.4 Å². The second-order valence-electron chi connectivity index (χ2n) is 3.74. The number of amides is 1. The number of hydrogen-bond acceptors (Lipinski definition) is 2. The summed E-state index contributed by atoms with van der Waals surface area (Å²) in [5.41, 5.74) is -0.831. The molecule has 2 N–H and O–H groups in total. The lowest BCUT2D eigenvalue weighted by Crippen LogP contribution is -2.38. The van der Waals surface area contributed by atoms with Crippen LogP contribution < -0.4 is 5.32 Å². The van der Waals surface area contributed by atoms with Crippen LogP contribution in [-0.4, -0.2) is 29.0 Å². The van der Waals surface area contributed by atoms with E-state index in [1.54, 1.807) is 13.8 Å². The molecule has 0 aliphatic heterocycles. The molecule has 0 aromatic heterocycles. The van der Waals surface area contributed by atoms with Gasteiger partial charge in [0.15, 0.2) is 0 Å². The van der Waals surface area contributed by atoms with Gasteiger partial charge >= 0.3 is 0 Å². The SMILES string of the molecule is CC(C)(O)CNC(=O)CCCCCl. The van der Waals surface area contributed by atoms with Gasteiger partial charge < -0.3 is 10.4 Å². The van der Waals surface area contributed by atoms with Crippen molar-refractivity contribution in [2.45, 2.75) is 38.7 Å². The van der Waals surface area contributed by atoms with E-state index < -0.39 is 5.60 Å². The average molecular weight is 208 g/mol. The Morgan fingerprint density at radius 1 is 1.46 bits per heavy atom. The van der Waals surface area contributed by atoms with Crippen LogP contribution in [0.15, 0.2) is 0 Å². The monoisotopic (exact) mass is 207 g/mol. The Balaban J connectivity index is 3.41. The summed E-state index contributed by atoms with van der Waals surface area (Å²) in [5, 5.41) is 12.0. The fourth-order valence-corrected chi connectivity index (χ4v) is 0.972. The molecule has 3 nitrogen and oxygen atoms in total. The number of rotatable bonds is 6. The summed E-state index contributed by atoms with van der Waals surface area (Å²) in [6.07, 6.45) is 2.15. The van der Waals surface area contributed by atoms with E-state index in [2.05, 4.69) is 5.32 Å². The van der Waals surface area contributed by atoms with E-state index in [1.807, 2.05) is 0 Å². The zero-order valence-electron chi connectivity index (χ0n) is 8.27. The van der Waals surface area contributed by atoms with Crippen LogP contribution in [0.5, 0.6) is 0 Å². The zero-order chi connectivity index (χ0) is 10.3. The maximum atomic E-state index is 11.1. The molecule has 0 bridgehead atoms. The van der Waals surface area contributed by atoms with Crippen molar-refractivity contribution in [2.24, 2.45) is 0 Å². The highest BCUT2D eigenvalue weighted by Gasteiger charge is 2.13. The molecule has 0 aliphatic rings. The Morgan fingerprint density at radius 2 is 2.08 bits per heavy atom. The molecule has 0 heterocycles. The largest absolute Gasteiger partial charge is 0.389 e. The number of halogens is 1. The number of carbonyl (C=O) groups excluding carboxylic acids is 1. The van der Waals surface area contributed by atoms with E-state index in [0.29, 0.717) is 18.8 Å². The predicted octanol–water partition coefficient (Wildman–Crippen LogP) is 1.28. The van der Waals surface area contributed by atoms with Gasteiger partial charge in [0.1, 0.15) is 0 Å². The highest BCUT2D eigenvalue weighted by molar-refractivity contribution is 6.17. The van der Waals surface area contributed by atoms with Crippen molar-refractivity contribution in [3.8, 4) is 0 Å². The summed E-state index contributed by atoms with van der Waals surface area (Å²) < 4.78 is 0. The number of nitrogens with one attached hydrogen (secondary N) is 1. The molecule has 78 valence electrons. The van der Waals surface area contributed by atoms with E-state index in [1.165, 1.54) is 0 Å². The Labute approximate surface area is 84.5 Å². The van der Waals surface area contributed by atoms with E-state index in [0.717, 1.165) is 12.8 Å². The number of aliphatic hydroxyl groups is 1. The number of alkyl halides is 1. The zero-order valence-corrected chi connectivity index (χ0v) is 9.02. The normalized spacial score (nSPS) is 11.4. The Bertz CT molecular complexity index is 154. The summed E-state index contributed by atoms with van der Waals surface area (Å²) >= 11 is 5.46. The van der Waals surface area contributed by atoms with Crippen molar-refractivity contribution < 1.29 is 9.90 Å². The van der Waals surface area contributed by atoms with Crippen LogP contribution in [-0.2, 0) is 4.79 Å². The van der Waals surface area contributed by atoms with Gasteiger partial charge in [-0.1, -0.05) is 0 Å². The number of unbranched alkanes of at least 4 members (excludes halogenated alkanes) is 1. The van der Waals surface area contributed by atoms with Crippen LogP contribution >= 0.6 is 11.6 Å². The Morgan fingerprint density at radius 3 is 2.54 bits per heavy atom. The highest BCUT2D eigenvalue weighted by Crippen LogP contribution is 2.00. The molecule has 13 heavy (non-hydrogen) atoms. The van der Waals surface area contributed by atoms with Crippen LogP contribution in [0.25, 0.3) is 0 Å². The topological polar surface area (TPSA) is 49.3 Å². The number of hydrogen-bond donors (Lipinski definition) is 2. The molecule has 0 saturated carbocycles. The standard InChI is InChI=1S/C9H18ClNO2/c1-9(2,13)7-11-8(12)5-3-4-6-10/h13H,3-7H2,1-2H3,(H,11,12). The molecule has 0 unspecified atom stereocenters. The first kappa shape index (κ1) is 12.7. The van der Waals surface area contributed by atoms with Crippen molar-refractivity contribution >= 4 is 17.5 Å². The van der Waals surface area contributed by atoms with Gasteiger partial charge in [-0.15, -0.1) is 11.6 Å². The van der Waals surface area contributed by atoms with E-state index in [-0.39, 0.29) is 5.91 Å². The van der Waals surface area contributed by atoms with Gasteiger partial charge in [-0.2, -0.15) is 0 Å². The predicted molar refractivity (Wildman–Crippen MR) is 53.9 cm³/mol. The Kier molecular flexibility index (Phi) is 6.08. The van der Waals surface area contributed by atoms with Crippen molar-refractivity contribution in [1.29, 1.82) is 0 Å².